The van der Waals surface area contributed by atoms with Crippen molar-refractivity contribution in [3.05, 3.63) is 27.9 Å². The summed E-state index contributed by atoms with van der Waals surface area (Å²) in [6.45, 7) is 0.128. The molecule has 0 saturated carbocycles. The number of nitro groups is 1. The molecule has 0 fully saturated rings. The third-order valence-electron chi connectivity index (χ3n) is 1.61. The quantitative estimate of drug-likeness (QED) is 0.542. The van der Waals surface area contributed by atoms with Crippen LogP contribution in [0.5, 0.6) is 0 Å². The van der Waals surface area contributed by atoms with Crippen LogP contribution in [0.4, 0.5) is 11.5 Å². The zero-order valence-corrected chi connectivity index (χ0v) is 7.67. The van der Waals surface area contributed by atoms with E-state index in [1.807, 2.05) is 0 Å². The highest BCUT2D eigenvalue weighted by molar-refractivity contribution is 5.55. The molecule has 2 N–H and O–H groups in total. The number of nitrogens with one attached hydrogen (secondary N) is 1. The Morgan fingerprint density at radius 2 is 2.47 bits per heavy atom. The number of pyridine rings is 1. The Kier molecular flexibility index (Phi) is 3.54. The van der Waals surface area contributed by atoms with Crippen LogP contribution in [0.1, 0.15) is 5.56 Å². The molecular weight excluding hydrogens is 200 g/mol. The van der Waals surface area contributed by atoms with Crippen LogP contribution in [0.15, 0.2) is 12.3 Å². The van der Waals surface area contributed by atoms with Gasteiger partial charge in [0.15, 0.2) is 0 Å². The van der Waals surface area contributed by atoms with Gasteiger partial charge in [-0.25, -0.2) is 4.98 Å². The van der Waals surface area contributed by atoms with Crippen LogP contribution < -0.4 is 5.32 Å². The zero-order chi connectivity index (χ0) is 11.3. The van der Waals surface area contributed by atoms with E-state index in [9.17, 15) is 10.1 Å². The molecule has 0 aliphatic heterocycles. The molecule has 0 aliphatic carbocycles. The van der Waals surface area contributed by atoms with E-state index in [0.29, 0.717) is 0 Å². The van der Waals surface area contributed by atoms with Gasteiger partial charge in [-0.3, -0.25) is 10.1 Å². The van der Waals surface area contributed by atoms with Crippen LogP contribution in [0.2, 0.25) is 0 Å². The summed E-state index contributed by atoms with van der Waals surface area (Å²) in [7, 11) is 0. The van der Waals surface area contributed by atoms with Gasteiger partial charge in [-0.15, -0.1) is 0 Å². The lowest BCUT2D eigenvalue weighted by atomic mass is 10.2. The monoisotopic (exact) mass is 208 g/mol. The number of rotatable bonds is 4. The number of hydrogen-bond acceptors (Lipinski definition) is 6. The summed E-state index contributed by atoms with van der Waals surface area (Å²) < 4.78 is 0. The highest BCUT2D eigenvalue weighted by atomic mass is 16.6. The SMILES string of the molecule is N#Cc1cc([N+](=O)[O-])cnc1NCCO. The van der Waals surface area contributed by atoms with Crippen molar-refractivity contribution in [2.24, 2.45) is 0 Å². The number of anilines is 1. The predicted molar refractivity (Wildman–Crippen MR) is 51.2 cm³/mol. The van der Waals surface area contributed by atoms with Gasteiger partial charge >= 0.3 is 0 Å². The summed E-state index contributed by atoms with van der Waals surface area (Å²) >= 11 is 0. The number of nitriles is 1. The number of aliphatic hydroxyl groups is 1. The summed E-state index contributed by atoms with van der Waals surface area (Å²) in [6.07, 6.45) is 1.06. The molecule has 0 atom stereocenters. The maximum atomic E-state index is 10.4. The lowest BCUT2D eigenvalue weighted by Crippen LogP contribution is -2.08. The Morgan fingerprint density at radius 3 is 3.00 bits per heavy atom. The van der Waals surface area contributed by atoms with E-state index in [2.05, 4.69) is 10.3 Å². The lowest BCUT2D eigenvalue weighted by molar-refractivity contribution is -0.385. The van der Waals surface area contributed by atoms with E-state index in [1.165, 1.54) is 0 Å². The summed E-state index contributed by atoms with van der Waals surface area (Å²) in [5.74, 6) is 0.233. The number of hydrogen-bond donors (Lipinski definition) is 2. The third kappa shape index (κ3) is 2.62. The van der Waals surface area contributed by atoms with Crippen LogP contribution >= 0.6 is 0 Å². The first-order valence-electron chi connectivity index (χ1n) is 4.08. The lowest BCUT2D eigenvalue weighted by Gasteiger charge is -2.04. The highest BCUT2D eigenvalue weighted by Gasteiger charge is 2.11. The zero-order valence-electron chi connectivity index (χ0n) is 7.67. The van der Waals surface area contributed by atoms with Crippen LogP contribution in [-0.4, -0.2) is 28.2 Å². The molecule has 0 radical (unpaired) electrons. The molecule has 7 nitrogen and oxygen atoms in total. The number of aromatic nitrogens is 1. The second-order valence-corrected chi connectivity index (χ2v) is 2.61. The first-order chi connectivity index (χ1) is 7.19. The normalized spacial score (nSPS) is 9.33. The molecule has 1 aromatic rings. The fourth-order valence-corrected chi connectivity index (χ4v) is 0.954. The van der Waals surface area contributed by atoms with Crippen LogP contribution in [0.25, 0.3) is 0 Å². The Balaban J connectivity index is 3.00. The van der Waals surface area contributed by atoms with Crippen LogP contribution in [-0.2, 0) is 0 Å². The Labute approximate surface area is 85.1 Å². The molecule has 0 bridgehead atoms. The Morgan fingerprint density at radius 1 is 1.73 bits per heavy atom. The van der Waals surface area contributed by atoms with Crippen molar-refractivity contribution >= 4 is 11.5 Å². The fraction of sp³-hybridized carbons (Fsp3) is 0.250. The van der Waals surface area contributed by atoms with Crippen molar-refractivity contribution in [2.75, 3.05) is 18.5 Å². The first kappa shape index (κ1) is 10.9. The minimum absolute atomic E-state index is 0.0812. The van der Waals surface area contributed by atoms with E-state index in [0.717, 1.165) is 12.3 Å². The molecule has 1 aromatic heterocycles. The molecule has 0 unspecified atom stereocenters. The number of aliphatic hydroxyl groups excluding tert-OH is 1. The van der Waals surface area contributed by atoms with Crippen LogP contribution in [0, 0.1) is 21.4 Å². The predicted octanol–water partition coefficient (Wildman–Crippen LogP) is 0.266. The molecule has 7 heteroatoms. The summed E-state index contributed by atoms with van der Waals surface area (Å²) in [6, 6.07) is 2.92. The molecule has 78 valence electrons. The third-order valence-corrected chi connectivity index (χ3v) is 1.61. The fourth-order valence-electron chi connectivity index (χ4n) is 0.954. The molecule has 0 saturated heterocycles. The molecule has 15 heavy (non-hydrogen) atoms. The molecule has 1 rings (SSSR count). The van der Waals surface area contributed by atoms with E-state index in [4.69, 9.17) is 10.4 Å². The molecule has 0 amide bonds. The molecular formula is C8H8N4O3. The van der Waals surface area contributed by atoms with Gasteiger partial charge in [0.2, 0.25) is 0 Å². The average Bonchev–Trinajstić information content (AvgIpc) is 2.25. The van der Waals surface area contributed by atoms with E-state index >= 15 is 0 Å². The molecule has 0 aliphatic rings. The molecule has 0 spiro atoms. The smallest absolute Gasteiger partial charge is 0.289 e. The van der Waals surface area contributed by atoms with Gasteiger partial charge in [-0.2, -0.15) is 5.26 Å². The number of nitrogens with zero attached hydrogens (tertiary/aromatic N) is 3. The average molecular weight is 208 g/mol. The van der Waals surface area contributed by atoms with E-state index < -0.39 is 4.92 Å². The van der Waals surface area contributed by atoms with E-state index in [-0.39, 0.29) is 30.2 Å². The maximum Gasteiger partial charge on any atom is 0.289 e. The maximum absolute atomic E-state index is 10.4. The highest BCUT2D eigenvalue weighted by Crippen LogP contribution is 2.17. The Hall–Kier alpha value is -2.20. The largest absolute Gasteiger partial charge is 0.395 e. The first-order valence-corrected chi connectivity index (χ1v) is 4.08. The van der Waals surface area contributed by atoms with Gasteiger partial charge in [0.1, 0.15) is 23.6 Å². The van der Waals surface area contributed by atoms with Gasteiger partial charge < -0.3 is 10.4 Å². The Bertz CT molecular complexity index is 413. The molecule has 1 heterocycles. The second-order valence-electron chi connectivity index (χ2n) is 2.61. The summed E-state index contributed by atoms with van der Waals surface area (Å²) in [5, 5.41) is 30.3. The van der Waals surface area contributed by atoms with Crippen LogP contribution in [0.3, 0.4) is 0 Å². The van der Waals surface area contributed by atoms with Gasteiger partial charge in [0, 0.05) is 12.6 Å². The second kappa shape index (κ2) is 4.88. The van der Waals surface area contributed by atoms with Crippen molar-refractivity contribution < 1.29 is 10.0 Å². The van der Waals surface area contributed by atoms with Crippen molar-refractivity contribution in [1.29, 1.82) is 5.26 Å². The standard InChI is InChI=1S/C8H8N4O3/c9-4-6-3-7(12(14)15)5-11-8(6)10-1-2-13/h3,5,13H,1-2H2,(H,10,11). The molecule has 0 aromatic carbocycles. The van der Waals surface area contributed by atoms with E-state index in [1.54, 1.807) is 6.07 Å². The topological polar surface area (TPSA) is 112 Å². The van der Waals surface area contributed by atoms with Crippen molar-refractivity contribution in [3.63, 3.8) is 0 Å². The minimum Gasteiger partial charge on any atom is -0.395 e. The summed E-state index contributed by atoms with van der Waals surface area (Å²) in [5.41, 5.74) is -0.154. The van der Waals surface area contributed by atoms with Crippen molar-refractivity contribution in [1.82, 2.24) is 4.98 Å². The van der Waals surface area contributed by atoms with Gasteiger partial charge in [0.05, 0.1) is 11.5 Å². The van der Waals surface area contributed by atoms with Gasteiger partial charge in [-0.05, 0) is 0 Å². The minimum atomic E-state index is -0.621. The van der Waals surface area contributed by atoms with Gasteiger partial charge in [-0.1, -0.05) is 0 Å². The van der Waals surface area contributed by atoms with Crippen molar-refractivity contribution in [2.45, 2.75) is 0 Å². The summed E-state index contributed by atoms with van der Waals surface area (Å²) in [4.78, 5) is 13.5. The van der Waals surface area contributed by atoms with Crippen molar-refractivity contribution in [3.8, 4) is 6.07 Å². The van der Waals surface area contributed by atoms with Gasteiger partial charge in [0.25, 0.3) is 5.69 Å².